The summed E-state index contributed by atoms with van der Waals surface area (Å²) in [5.41, 5.74) is 2.32. The molecule has 0 radical (unpaired) electrons. The quantitative estimate of drug-likeness (QED) is 0.556. The monoisotopic (exact) mass is 219 g/mol. The van der Waals surface area contributed by atoms with E-state index in [-0.39, 0.29) is 5.78 Å². The van der Waals surface area contributed by atoms with Crippen LogP contribution in [-0.4, -0.2) is 23.3 Å². The third-order valence-corrected chi connectivity index (χ3v) is 2.70. The van der Waals surface area contributed by atoms with Gasteiger partial charge in [-0.3, -0.25) is 14.6 Å². The SMILES string of the molecule is CCOC(=O)[C@H]1Cc2cc(C)ncc2C1=O. The molecule has 1 aromatic heterocycles. The molecule has 0 amide bonds. The molecule has 1 aromatic rings. The second-order valence-electron chi connectivity index (χ2n) is 3.86. The minimum atomic E-state index is -0.668. The Bertz CT molecular complexity index is 454. The molecular weight excluding hydrogens is 206 g/mol. The second kappa shape index (κ2) is 4.04. The number of ketones is 1. The highest BCUT2D eigenvalue weighted by Gasteiger charge is 2.37. The van der Waals surface area contributed by atoms with E-state index < -0.39 is 11.9 Å². The number of ether oxygens (including phenoxy) is 1. The molecule has 0 fully saturated rings. The third kappa shape index (κ3) is 1.71. The van der Waals surface area contributed by atoms with Crippen molar-refractivity contribution in [3.05, 3.63) is 29.1 Å². The van der Waals surface area contributed by atoms with Gasteiger partial charge >= 0.3 is 5.97 Å². The van der Waals surface area contributed by atoms with Gasteiger partial charge in [-0.1, -0.05) is 0 Å². The zero-order valence-corrected chi connectivity index (χ0v) is 9.32. The van der Waals surface area contributed by atoms with Crippen LogP contribution in [0.1, 0.15) is 28.5 Å². The minimum Gasteiger partial charge on any atom is -0.465 e. The van der Waals surface area contributed by atoms with E-state index in [2.05, 4.69) is 4.98 Å². The van der Waals surface area contributed by atoms with Crippen molar-refractivity contribution < 1.29 is 14.3 Å². The van der Waals surface area contributed by atoms with Crippen LogP contribution in [0.4, 0.5) is 0 Å². The van der Waals surface area contributed by atoms with E-state index in [1.807, 2.05) is 13.0 Å². The molecule has 4 heteroatoms. The van der Waals surface area contributed by atoms with Crippen molar-refractivity contribution in [2.45, 2.75) is 20.3 Å². The zero-order valence-electron chi connectivity index (χ0n) is 9.32. The number of pyridine rings is 1. The fraction of sp³-hybridized carbons (Fsp3) is 0.417. The van der Waals surface area contributed by atoms with Crippen LogP contribution >= 0.6 is 0 Å². The van der Waals surface area contributed by atoms with Crippen LogP contribution in [0.2, 0.25) is 0 Å². The van der Waals surface area contributed by atoms with Gasteiger partial charge in [0.1, 0.15) is 5.92 Å². The van der Waals surface area contributed by atoms with E-state index in [1.54, 1.807) is 13.1 Å². The molecule has 4 nitrogen and oxygen atoms in total. The Balaban J connectivity index is 2.27. The number of fused-ring (bicyclic) bond motifs is 1. The molecule has 0 spiro atoms. The standard InChI is InChI=1S/C12H13NO3/c1-3-16-12(15)9-5-8-4-7(2)13-6-10(8)11(9)14/h4,6,9H,3,5H2,1-2H3/t9-/m0/s1. The summed E-state index contributed by atoms with van der Waals surface area (Å²) >= 11 is 0. The van der Waals surface area contributed by atoms with Crippen molar-refractivity contribution in [3.63, 3.8) is 0 Å². The van der Waals surface area contributed by atoms with Gasteiger partial charge in [0.15, 0.2) is 5.78 Å². The first-order valence-corrected chi connectivity index (χ1v) is 5.30. The first-order valence-electron chi connectivity index (χ1n) is 5.30. The molecule has 1 atom stereocenters. The lowest BCUT2D eigenvalue weighted by atomic mass is 10.1. The second-order valence-corrected chi connectivity index (χ2v) is 3.86. The minimum absolute atomic E-state index is 0.166. The van der Waals surface area contributed by atoms with Crippen LogP contribution in [0.15, 0.2) is 12.3 Å². The van der Waals surface area contributed by atoms with Gasteiger partial charge < -0.3 is 4.74 Å². The van der Waals surface area contributed by atoms with E-state index in [9.17, 15) is 9.59 Å². The van der Waals surface area contributed by atoms with Crippen molar-refractivity contribution in [3.8, 4) is 0 Å². The molecule has 0 N–H and O–H groups in total. The number of aryl methyl sites for hydroxylation is 1. The van der Waals surface area contributed by atoms with Gasteiger partial charge in [-0.05, 0) is 31.9 Å². The molecule has 1 aliphatic carbocycles. The van der Waals surface area contributed by atoms with Crippen LogP contribution in [0.5, 0.6) is 0 Å². The Morgan fingerprint density at radius 1 is 1.62 bits per heavy atom. The van der Waals surface area contributed by atoms with Crippen LogP contribution < -0.4 is 0 Å². The van der Waals surface area contributed by atoms with Gasteiger partial charge in [-0.15, -0.1) is 0 Å². The highest BCUT2D eigenvalue weighted by atomic mass is 16.5. The summed E-state index contributed by atoms with van der Waals surface area (Å²) in [4.78, 5) is 27.5. The lowest BCUT2D eigenvalue weighted by Gasteiger charge is -2.05. The Morgan fingerprint density at radius 3 is 3.06 bits per heavy atom. The van der Waals surface area contributed by atoms with Crippen molar-refractivity contribution >= 4 is 11.8 Å². The Kier molecular flexibility index (Phi) is 2.73. The molecule has 0 unspecified atom stereocenters. The van der Waals surface area contributed by atoms with Crippen LogP contribution in [0, 0.1) is 12.8 Å². The fourth-order valence-corrected chi connectivity index (χ4v) is 1.94. The molecule has 0 aliphatic heterocycles. The Labute approximate surface area is 93.6 Å². The first-order chi connectivity index (χ1) is 7.63. The maximum Gasteiger partial charge on any atom is 0.317 e. The van der Waals surface area contributed by atoms with Gasteiger partial charge in [-0.25, -0.2) is 0 Å². The average Bonchev–Trinajstić information content (AvgIpc) is 2.56. The van der Waals surface area contributed by atoms with Crippen LogP contribution in [-0.2, 0) is 16.0 Å². The summed E-state index contributed by atoms with van der Waals surface area (Å²) in [5, 5.41) is 0. The lowest BCUT2D eigenvalue weighted by molar-refractivity contribution is -0.145. The molecule has 0 saturated heterocycles. The van der Waals surface area contributed by atoms with Crippen molar-refractivity contribution in [2.24, 2.45) is 5.92 Å². The largest absolute Gasteiger partial charge is 0.465 e. The van der Waals surface area contributed by atoms with E-state index >= 15 is 0 Å². The number of hydrogen-bond donors (Lipinski definition) is 0. The van der Waals surface area contributed by atoms with Gasteiger partial charge in [0, 0.05) is 17.5 Å². The molecule has 1 heterocycles. The summed E-state index contributed by atoms with van der Waals surface area (Å²) in [6, 6.07) is 1.85. The summed E-state index contributed by atoms with van der Waals surface area (Å²) in [7, 11) is 0. The fourth-order valence-electron chi connectivity index (χ4n) is 1.94. The molecule has 0 bridgehead atoms. The molecule has 1 aliphatic rings. The summed E-state index contributed by atoms with van der Waals surface area (Å²) < 4.78 is 4.88. The summed E-state index contributed by atoms with van der Waals surface area (Å²) in [6.45, 7) is 3.90. The van der Waals surface area contributed by atoms with Gasteiger partial charge in [-0.2, -0.15) is 0 Å². The smallest absolute Gasteiger partial charge is 0.317 e. The first kappa shape index (κ1) is 10.8. The van der Waals surface area contributed by atoms with Gasteiger partial charge in [0.2, 0.25) is 0 Å². The van der Waals surface area contributed by atoms with E-state index in [0.29, 0.717) is 18.6 Å². The highest BCUT2D eigenvalue weighted by molar-refractivity contribution is 6.12. The van der Waals surface area contributed by atoms with Crippen molar-refractivity contribution in [1.29, 1.82) is 0 Å². The van der Waals surface area contributed by atoms with Crippen molar-refractivity contribution in [1.82, 2.24) is 4.98 Å². The molecule has 0 saturated carbocycles. The molecular formula is C12H13NO3. The van der Waals surface area contributed by atoms with Gasteiger partial charge in [0.05, 0.1) is 6.61 Å². The normalized spacial score (nSPS) is 18.4. The summed E-state index contributed by atoms with van der Waals surface area (Å²) in [5.74, 6) is -1.26. The predicted octanol–water partition coefficient (Wildman–Crippen LogP) is 1.31. The number of carbonyl (C=O) groups is 2. The highest BCUT2D eigenvalue weighted by Crippen LogP contribution is 2.27. The topological polar surface area (TPSA) is 56.3 Å². The number of esters is 1. The number of Topliss-reactive ketones (excluding diaryl/α,β-unsaturated/α-hetero) is 1. The van der Waals surface area contributed by atoms with E-state index in [4.69, 9.17) is 4.74 Å². The summed E-state index contributed by atoms with van der Waals surface area (Å²) in [6.07, 6.45) is 1.99. The van der Waals surface area contributed by atoms with Crippen LogP contribution in [0.25, 0.3) is 0 Å². The molecule has 84 valence electrons. The number of aromatic nitrogens is 1. The van der Waals surface area contributed by atoms with Crippen molar-refractivity contribution in [2.75, 3.05) is 6.61 Å². The predicted molar refractivity (Wildman–Crippen MR) is 57.1 cm³/mol. The molecule has 2 rings (SSSR count). The lowest BCUT2D eigenvalue weighted by Crippen LogP contribution is -2.23. The Morgan fingerprint density at radius 2 is 2.38 bits per heavy atom. The number of nitrogens with zero attached hydrogens (tertiary/aromatic N) is 1. The Hall–Kier alpha value is -1.71. The maximum absolute atomic E-state index is 11.9. The van der Waals surface area contributed by atoms with Gasteiger partial charge in [0.25, 0.3) is 0 Å². The number of rotatable bonds is 2. The molecule has 16 heavy (non-hydrogen) atoms. The number of hydrogen-bond acceptors (Lipinski definition) is 4. The average molecular weight is 219 g/mol. The van der Waals surface area contributed by atoms with E-state index in [1.165, 1.54) is 0 Å². The zero-order chi connectivity index (χ0) is 11.7. The van der Waals surface area contributed by atoms with Crippen LogP contribution in [0.3, 0.4) is 0 Å². The molecule has 0 aromatic carbocycles. The number of carbonyl (C=O) groups excluding carboxylic acids is 2. The third-order valence-electron chi connectivity index (χ3n) is 2.70. The van der Waals surface area contributed by atoms with E-state index in [0.717, 1.165) is 11.3 Å². The maximum atomic E-state index is 11.9.